The molecule has 2 N–H and O–H groups in total. The minimum Gasteiger partial charge on any atom is -0.462 e. The molecule has 4 aromatic rings. The van der Waals surface area contributed by atoms with Crippen LogP contribution in [0.4, 0.5) is 5.00 Å². The minimum atomic E-state index is -0.598. The first-order valence-corrected chi connectivity index (χ1v) is 14.8. The fourth-order valence-corrected chi connectivity index (χ4v) is 6.85. The van der Waals surface area contributed by atoms with Crippen LogP contribution in [0.15, 0.2) is 34.3 Å². The number of ether oxygens (including phenoxy) is 1. The number of carbonyl (C=O) groups is 2. The summed E-state index contributed by atoms with van der Waals surface area (Å²) in [6.07, 6.45) is 6.40. The summed E-state index contributed by atoms with van der Waals surface area (Å²) in [5.41, 5.74) is 4.57. The number of nitrogens with zero attached hydrogens (tertiary/aromatic N) is 3. The average molecular weight is 566 g/mol. The highest BCUT2D eigenvalue weighted by molar-refractivity contribution is 8.00. The third kappa shape index (κ3) is 5.38. The number of fused-ring (bicyclic) bond motifs is 2. The van der Waals surface area contributed by atoms with Crippen LogP contribution in [0.5, 0.6) is 0 Å². The Bertz CT molecular complexity index is 1620. The van der Waals surface area contributed by atoms with E-state index in [1.807, 2.05) is 32.0 Å². The monoisotopic (exact) mass is 565 g/mol. The summed E-state index contributed by atoms with van der Waals surface area (Å²) in [4.78, 5) is 47.6. The second-order valence-electron chi connectivity index (χ2n) is 9.62. The maximum absolute atomic E-state index is 13.3. The molecule has 1 aliphatic carbocycles. The molecule has 0 saturated heterocycles. The van der Waals surface area contributed by atoms with E-state index in [0.717, 1.165) is 71.1 Å². The maximum Gasteiger partial charge on any atom is 0.341 e. The lowest BCUT2D eigenvalue weighted by Crippen LogP contribution is -2.24. The average Bonchev–Trinajstić information content (AvgIpc) is 3.39. The minimum absolute atomic E-state index is 0.267. The van der Waals surface area contributed by atoms with Crippen molar-refractivity contribution in [2.24, 2.45) is 0 Å². The number of aromatic nitrogens is 4. The Balaban J connectivity index is 1.41. The zero-order valence-electron chi connectivity index (χ0n) is 22.4. The van der Waals surface area contributed by atoms with Crippen LogP contribution in [0.3, 0.4) is 0 Å². The Morgan fingerprint density at radius 1 is 1.23 bits per heavy atom. The molecule has 1 aliphatic rings. The maximum atomic E-state index is 13.3. The van der Waals surface area contributed by atoms with Crippen LogP contribution in [0, 0.1) is 13.8 Å². The molecule has 204 valence electrons. The molecule has 9 nitrogen and oxygen atoms in total. The molecule has 39 heavy (non-hydrogen) atoms. The number of rotatable bonds is 7. The molecule has 0 radical (unpaired) electrons. The number of aryl methyl sites for hydroxylation is 2. The number of carbonyl (C=O) groups excluding carboxylic acids is 2. The summed E-state index contributed by atoms with van der Waals surface area (Å²) in [5, 5.41) is 8.01. The Morgan fingerprint density at radius 3 is 2.82 bits per heavy atom. The Labute approximate surface area is 234 Å². The Hall–Kier alpha value is -3.44. The Kier molecular flexibility index (Phi) is 7.90. The van der Waals surface area contributed by atoms with Crippen molar-refractivity contribution in [3.05, 3.63) is 61.9 Å². The van der Waals surface area contributed by atoms with E-state index < -0.39 is 11.2 Å². The van der Waals surface area contributed by atoms with Gasteiger partial charge >= 0.3 is 5.97 Å². The molecule has 1 atom stereocenters. The topological polar surface area (TPSA) is 119 Å². The summed E-state index contributed by atoms with van der Waals surface area (Å²) in [6.45, 7) is 7.81. The van der Waals surface area contributed by atoms with Gasteiger partial charge in [-0.1, -0.05) is 30.3 Å². The number of esters is 1. The number of anilines is 1. The molecule has 0 aliphatic heterocycles. The van der Waals surface area contributed by atoms with E-state index in [2.05, 4.69) is 20.4 Å². The number of H-pyrrole nitrogens is 1. The van der Waals surface area contributed by atoms with Gasteiger partial charge in [0, 0.05) is 4.88 Å². The molecule has 1 aromatic carbocycles. The first kappa shape index (κ1) is 27.1. The van der Waals surface area contributed by atoms with Crippen molar-refractivity contribution in [2.45, 2.75) is 70.2 Å². The number of aromatic amines is 1. The van der Waals surface area contributed by atoms with Gasteiger partial charge in [0.25, 0.3) is 5.56 Å². The fourth-order valence-electron chi connectivity index (χ4n) is 4.78. The van der Waals surface area contributed by atoms with Crippen LogP contribution in [-0.2, 0) is 22.4 Å². The van der Waals surface area contributed by atoms with E-state index in [9.17, 15) is 14.4 Å². The second kappa shape index (κ2) is 11.4. The summed E-state index contributed by atoms with van der Waals surface area (Å²) >= 11 is 2.61. The highest BCUT2D eigenvalue weighted by atomic mass is 32.2. The molecule has 0 spiro atoms. The summed E-state index contributed by atoms with van der Waals surface area (Å²) in [6, 6.07) is 5.89. The lowest BCUT2D eigenvalue weighted by atomic mass is 10.1. The molecule has 11 heteroatoms. The van der Waals surface area contributed by atoms with Crippen LogP contribution in [0.2, 0.25) is 0 Å². The van der Waals surface area contributed by atoms with E-state index in [1.165, 1.54) is 17.5 Å². The third-order valence-corrected chi connectivity index (χ3v) is 9.21. The van der Waals surface area contributed by atoms with Crippen LogP contribution in [0.1, 0.15) is 65.0 Å². The van der Waals surface area contributed by atoms with Crippen LogP contribution in [-0.4, -0.2) is 43.5 Å². The first-order valence-electron chi connectivity index (χ1n) is 13.1. The first-order chi connectivity index (χ1) is 18.8. The quantitative estimate of drug-likeness (QED) is 0.134. The van der Waals surface area contributed by atoms with Crippen molar-refractivity contribution in [3.8, 4) is 5.69 Å². The van der Waals surface area contributed by atoms with Gasteiger partial charge < -0.3 is 15.0 Å². The van der Waals surface area contributed by atoms with Gasteiger partial charge in [-0.2, -0.15) is 5.10 Å². The van der Waals surface area contributed by atoms with E-state index in [-0.39, 0.29) is 18.1 Å². The highest BCUT2D eigenvalue weighted by Gasteiger charge is 2.28. The number of hydrogen-bond acceptors (Lipinski definition) is 8. The largest absolute Gasteiger partial charge is 0.462 e. The molecule has 3 aromatic heterocycles. The van der Waals surface area contributed by atoms with Gasteiger partial charge in [0.05, 0.1) is 29.3 Å². The van der Waals surface area contributed by atoms with E-state index in [1.54, 1.807) is 18.5 Å². The van der Waals surface area contributed by atoms with E-state index in [4.69, 9.17) is 4.74 Å². The number of nitrogens with one attached hydrogen (secondary N) is 2. The molecule has 1 amide bonds. The van der Waals surface area contributed by atoms with Crippen molar-refractivity contribution in [1.29, 1.82) is 0 Å². The van der Waals surface area contributed by atoms with Crippen molar-refractivity contribution < 1.29 is 14.3 Å². The van der Waals surface area contributed by atoms with Gasteiger partial charge in [-0.3, -0.25) is 9.59 Å². The molecule has 0 fully saturated rings. The summed E-state index contributed by atoms with van der Waals surface area (Å²) in [5.74, 6) is -0.684. The lowest BCUT2D eigenvalue weighted by Gasteiger charge is -2.13. The van der Waals surface area contributed by atoms with Gasteiger partial charge in [0.2, 0.25) is 5.91 Å². The number of benzene rings is 1. The van der Waals surface area contributed by atoms with Gasteiger partial charge in [-0.15, -0.1) is 11.3 Å². The standard InChI is InChI=1S/C28H31N5O4S2/c1-5-37-27(36)22-18-11-7-6-8-13-21(18)39-26(22)31-24(34)17(4)38-28-30-23-19(25(35)32-28)14-29-33(23)20-12-9-10-15(2)16(20)3/h9-10,12,14,17H,5-8,11,13H2,1-4H3,(H,31,34)(H,30,32,35). The second-order valence-corrected chi connectivity index (χ2v) is 12.1. The molecule has 3 heterocycles. The molecule has 5 rings (SSSR count). The molecule has 0 saturated carbocycles. The van der Waals surface area contributed by atoms with Gasteiger partial charge in [-0.25, -0.2) is 14.5 Å². The number of thiophene rings is 1. The zero-order valence-corrected chi connectivity index (χ0v) is 24.1. The van der Waals surface area contributed by atoms with Crippen LogP contribution in [0.25, 0.3) is 16.7 Å². The number of thioether (sulfide) groups is 1. The van der Waals surface area contributed by atoms with Crippen molar-refractivity contribution >= 4 is 51.0 Å². The highest BCUT2D eigenvalue weighted by Crippen LogP contribution is 2.38. The van der Waals surface area contributed by atoms with Gasteiger partial charge in [-0.05, 0) is 76.1 Å². The number of amides is 1. The van der Waals surface area contributed by atoms with Crippen LogP contribution < -0.4 is 10.9 Å². The Morgan fingerprint density at radius 2 is 2.03 bits per heavy atom. The van der Waals surface area contributed by atoms with Crippen molar-refractivity contribution in [3.63, 3.8) is 0 Å². The van der Waals surface area contributed by atoms with Crippen molar-refractivity contribution in [2.75, 3.05) is 11.9 Å². The molecular formula is C28H31N5O4S2. The van der Waals surface area contributed by atoms with Crippen LogP contribution >= 0.6 is 23.1 Å². The lowest BCUT2D eigenvalue weighted by molar-refractivity contribution is -0.115. The summed E-state index contributed by atoms with van der Waals surface area (Å²) < 4.78 is 6.99. The fraction of sp³-hybridized carbons (Fsp3) is 0.393. The predicted molar refractivity (Wildman–Crippen MR) is 154 cm³/mol. The van der Waals surface area contributed by atoms with E-state index in [0.29, 0.717) is 26.8 Å². The normalized spacial score (nSPS) is 14.1. The van der Waals surface area contributed by atoms with Gasteiger partial charge in [0.1, 0.15) is 10.4 Å². The molecule has 1 unspecified atom stereocenters. The summed E-state index contributed by atoms with van der Waals surface area (Å²) in [7, 11) is 0. The smallest absolute Gasteiger partial charge is 0.341 e. The zero-order chi connectivity index (χ0) is 27.7. The molecule has 0 bridgehead atoms. The van der Waals surface area contributed by atoms with Gasteiger partial charge in [0.15, 0.2) is 10.8 Å². The van der Waals surface area contributed by atoms with Crippen molar-refractivity contribution in [1.82, 2.24) is 19.7 Å². The third-order valence-electron chi connectivity index (χ3n) is 7.02. The predicted octanol–water partition coefficient (Wildman–Crippen LogP) is 5.35. The SMILES string of the molecule is CCOC(=O)c1c(NC(=O)C(C)Sc2nc3c(cnn3-c3cccc(C)c3C)c(=O)[nH]2)sc2c1CCCCC2. The number of hydrogen-bond donors (Lipinski definition) is 2. The van der Waals surface area contributed by atoms with E-state index >= 15 is 0 Å². The molecular weight excluding hydrogens is 534 g/mol.